The minimum Gasteiger partial charge on any atom is -0.508 e. The normalized spacial score (nSPS) is 37.8. The predicted octanol–water partition coefficient (Wildman–Crippen LogP) is -1.67. The summed E-state index contributed by atoms with van der Waals surface area (Å²) in [7, 11) is 0. The van der Waals surface area contributed by atoms with Gasteiger partial charge in [-0.3, -0.25) is 0 Å². The maximum absolute atomic E-state index is 12.8. The minimum absolute atomic E-state index is 0.0609. The van der Waals surface area contributed by atoms with Gasteiger partial charge in [-0.25, -0.2) is 4.79 Å². The van der Waals surface area contributed by atoms with Crippen LogP contribution < -0.4 is 0 Å². The van der Waals surface area contributed by atoms with Crippen molar-refractivity contribution in [3.8, 4) is 5.75 Å². The van der Waals surface area contributed by atoms with Gasteiger partial charge >= 0.3 is 5.97 Å². The zero-order valence-electron chi connectivity index (χ0n) is 27.1. The largest absolute Gasteiger partial charge is 0.508 e. The Morgan fingerprint density at radius 3 is 2.18 bits per heavy atom. The molecule has 0 aliphatic carbocycles. The van der Waals surface area contributed by atoms with Crippen molar-refractivity contribution in [3.63, 3.8) is 0 Å². The molecule has 0 radical (unpaired) electrons. The predicted molar refractivity (Wildman–Crippen MR) is 169 cm³/mol. The lowest BCUT2D eigenvalue weighted by Gasteiger charge is -2.46. The molecule has 276 valence electrons. The molecule has 5 rings (SSSR count). The molecule has 8 N–H and O–H groups in total. The van der Waals surface area contributed by atoms with Crippen LogP contribution in [0.1, 0.15) is 18.1 Å². The summed E-state index contributed by atoms with van der Waals surface area (Å²) in [6, 6.07) is 15.4. The molecular formula is C34H44O16. The first-order valence-electron chi connectivity index (χ1n) is 16.2. The van der Waals surface area contributed by atoms with Gasteiger partial charge in [0.1, 0.15) is 60.7 Å². The second-order valence-corrected chi connectivity index (χ2v) is 12.3. The van der Waals surface area contributed by atoms with Crippen LogP contribution in [0.25, 0.3) is 6.08 Å². The zero-order valence-corrected chi connectivity index (χ0v) is 27.1. The average Bonchev–Trinajstić information content (AvgIpc) is 3.11. The third-order valence-corrected chi connectivity index (χ3v) is 8.66. The van der Waals surface area contributed by atoms with Crippen molar-refractivity contribution in [2.45, 2.75) is 99.4 Å². The Bertz CT molecular complexity index is 1380. The third kappa shape index (κ3) is 9.42. The molecule has 3 fully saturated rings. The number of aromatic hydroxyl groups is 1. The maximum Gasteiger partial charge on any atom is 0.331 e. The van der Waals surface area contributed by atoms with Crippen LogP contribution in [0, 0.1) is 0 Å². The fourth-order valence-electron chi connectivity index (χ4n) is 5.74. The number of esters is 1. The number of aliphatic hydroxyl groups excluding tert-OH is 7. The highest BCUT2D eigenvalue weighted by molar-refractivity contribution is 5.87. The molecule has 0 amide bonds. The van der Waals surface area contributed by atoms with E-state index in [-0.39, 0.29) is 12.4 Å². The highest BCUT2D eigenvalue weighted by atomic mass is 16.7. The van der Waals surface area contributed by atoms with Gasteiger partial charge in [0.15, 0.2) is 25.0 Å². The van der Waals surface area contributed by atoms with Gasteiger partial charge in [-0.1, -0.05) is 42.5 Å². The molecule has 3 heterocycles. The number of hydrogen-bond acceptors (Lipinski definition) is 16. The van der Waals surface area contributed by atoms with Gasteiger partial charge in [-0.2, -0.15) is 0 Å². The lowest BCUT2D eigenvalue weighted by Crippen LogP contribution is -2.64. The van der Waals surface area contributed by atoms with E-state index in [1.54, 1.807) is 36.4 Å². The summed E-state index contributed by atoms with van der Waals surface area (Å²) < 4.78 is 39.8. The van der Waals surface area contributed by atoms with Crippen molar-refractivity contribution in [2.24, 2.45) is 0 Å². The molecule has 0 saturated carbocycles. The van der Waals surface area contributed by atoms with Crippen molar-refractivity contribution in [1.29, 1.82) is 0 Å². The van der Waals surface area contributed by atoms with E-state index in [2.05, 4.69) is 0 Å². The van der Waals surface area contributed by atoms with Crippen LogP contribution in [0.5, 0.6) is 5.75 Å². The summed E-state index contributed by atoms with van der Waals surface area (Å²) >= 11 is 0. The first-order valence-corrected chi connectivity index (χ1v) is 16.2. The second-order valence-electron chi connectivity index (χ2n) is 12.3. The number of rotatable bonds is 12. The first-order chi connectivity index (χ1) is 23.9. The van der Waals surface area contributed by atoms with E-state index in [0.717, 1.165) is 11.1 Å². The molecule has 0 spiro atoms. The van der Waals surface area contributed by atoms with Crippen LogP contribution in [0.4, 0.5) is 0 Å². The minimum atomic E-state index is -1.73. The van der Waals surface area contributed by atoms with E-state index in [4.69, 9.17) is 33.2 Å². The first kappa shape index (κ1) is 38.2. The van der Waals surface area contributed by atoms with Crippen molar-refractivity contribution < 1.29 is 78.8 Å². The molecule has 16 heteroatoms. The summed E-state index contributed by atoms with van der Waals surface area (Å²) in [6.07, 6.45) is -17.8. The highest BCUT2D eigenvalue weighted by Gasteiger charge is 2.51. The topological polar surface area (TPSA) is 244 Å². The van der Waals surface area contributed by atoms with Crippen LogP contribution in [0.2, 0.25) is 0 Å². The molecule has 2 aromatic carbocycles. The van der Waals surface area contributed by atoms with Crippen molar-refractivity contribution in [3.05, 3.63) is 71.8 Å². The molecule has 50 heavy (non-hydrogen) atoms. The smallest absolute Gasteiger partial charge is 0.331 e. The molecular weight excluding hydrogens is 664 g/mol. The number of benzene rings is 2. The quantitative estimate of drug-likeness (QED) is 0.0908. The summed E-state index contributed by atoms with van der Waals surface area (Å²) in [6.45, 7) is 0.691. The highest BCUT2D eigenvalue weighted by Crippen LogP contribution is 2.31. The maximum atomic E-state index is 12.8. The van der Waals surface area contributed by atoms with Crippen LogP contribution >= 0.6 is 0 Å². The average molecular weight is 709 g/mol. The van der Waals surface area contributed by atoms with Gasteiger partial charge in [-0.15, -0.1) is 0 Å². The van der Waals surface area contributed by atoms with Gasteiger partial charge in [-0.05, 0) is 42.7 Å². The van der Waals surface area contributed by atoms with Crippen LogP contribution in [0.3, 0.4) is 0 Å². The van der Waals surface area contributed by atoms with Crippen molar-refractivity contribution >= 4 is 12.0 Å². The van der Waals surface area contributed by atoms with E-state index in [1.165, 1.54) is 31.2 Å². The molecule has 0 bridgehead atoms. The van der Waals surface area contributed by atoms with E-state index >= 15 is 0 Å². The summed E-state index contributed by atoms with van der Waals surface area (Å²) in [5, 5.41) is 83.1. The molecule has 3 aliphatic heterocycles. The van der Waals surface area contributed by atoms with E-state index in [1.807, 2.05) is 6.07 Å². The molecule has 3 saturated heterocycles. The Morgan fingerprint density at radius 1 is 0.780 bits per heavy atom. The third-order valence-electron chi connectivity index (χ3n) is 8.66. The van der Waals surface area contributed by atoms with Crippen molar-refractivity contribution in [2.75, 3.05) is 19.8 Å². The lowest BCUT2D eigenvalue weighted by molar-refractivity contribution is -0.354. The summed E-state index contributed by atoms with van der Waals surface area (Å²) in [5.74, 6) is -0.705. The van der Waals surface area contributed by atoms with E-state index in [0.29, 0.717) is 6.42 Å². The van der Waals surface area contributed by atoms with Gasteiger partial charge in [0, 0.05) is 6.08 Å². The second kappa shape index (κ2) is 17.4. The number of carbonyl (C=O) groups excluding carboxylic acids is 1. The number of aliphatic hydroxyl groups is 7. The standard InChI is InChI=1S/C34H44O16/c1-17-30(49-23(37)12-9-18-5-3-2-4-6-18)31(50-33-27(41)24(38)21(36)15-45-33)29(43)34(47-17)46-16-22-25(39)26(40)28(42)32(48-22)44-14-13-19-7-10-20(35)11-8-19/h2-12,17,21-22,24-36,38-43H,13-16H2,1H3/t17-,21+,22-,24+,25-,26+,27+,28+,29-,30-,31-,32-,33-,34+/m1/s1. The number of ether oxygens (including phenoxy) is 7. The zero-order chi connectivity index (χ0) is 35.9. The summed E-state index contributed by atoms with van der Waals surface area (Å²) in [5.41, 5.74) is 1.55. The number of carbonyl (C=O) groups is 1. The molecule has 0 aromatic heterocycles. The Labute approximate surface area is 287 Å². The number of hydrogen-bond donors (Lipinski definition) is 8. The Balaban J connectivity index is 1.24. The van der Waals surface area contributed by atoms with Gasteiger partial charge < -0.3 is 74.0 Å². The SMILES string of the molecule is C[C@H]1O[C@H](OC[C@H]2O[C@@H](OCCc3ccc(O)cc3)[C@@H](O)[C@@H](O)[C@@H]2O)[C@H](O)[C@@H](O[C@H]2OC[C@H](O)[C@H](O)[C@@H]2O)[C@@H]1OC(=O)C=Cc1ccccc1. The molecule has 0 unspecified atom stereocenters. The summed E-state index contributed by atoms with van der Waals surface area (Å²) in [4.78, 5) is 12.8. The molecule has 3 aliphatic rings. The molecule has 14 atom stereocenters. The van der Waals surface area contributed by atoms with Crippen molar-refractivity contribution in [1.82, 2.24) is 0 Å². The van der Waals surface area contributed by atoms with Crippen LogP contribution in [-0.4, -0.2) is 153 Å². The van der Waals surface area contributed by atoms with Gasteiger partial charge in [0.05, 0.1) is 25.9 Å². The van der Waals surface area contributed by atoms with Crippen LogP contribution in [-0.2, 0) is 44.4 Å². The monoisotopic (exact) mass is 708 g/mol. The lowest BCUT2D eigenvalue weighted by atomic mass is 9.98. The van der Waals surface area contributed by atoms with E-state index < -0.39 is 105 Å². The Kier molecular flexibility index (Phi) is 13.3. The molecule has 16 nitrogen and oxygen atoms in total. The molecule has 2 aromatic rings. The van der Waals surface area contributed by atoms with Gasteiger partial charge in [0.25, 0.3) is 0 Å². The Hall–Kier alpha value is -3.07. The number of phenolic OH excluding ortho intramolecular Hbond substituents is 1. The fraction of sp³-hybridized carbons (Fsp3) is 0.559. The number of phenols is 1. The Morgan fingerprint density at radius 2 is 1.46 bits per heavy atom. The van der Waals surface area contributed by atoms with Crippen LogP contribution in [0.15, 0.2) is 60.7 Å². The fourth-order valence-corrected chi connectivity index (χ4v) is 5.74. The van der Waals surface area contributed by atoms with E-state index in [9.17, 15) is 45.6 Å². The van der Waals surface area contributed by atoms with Gasteiger partial charge in [0.2, 0.25) is 0 Å².